The first kappa shape index (κ1) is 14.0. The lowest BCUT2D eigenvalue weighted by atomic mass is 10.3. The minimum absolute atomic E-state index is 0.0579. The SMILES string of the molecule is CC(C)Oc1ccc(NS(C)(=O)=O)c(OC2CC2)c1. The highest BCUT2D eigenvalue weighted by molar-refractivity contribution is 7.92. The summed E-state index contributed by atoms with van der Waals surface area (Å²) >= 11 is 0. The smallest absolute Gasteiger partial charge is 0.229 e. The zero-order valence-corrected chi connectivity index (χ0v) is 12.2. The fourth-order valence-electron chi connectivity index (χ4n) is 1.60. The summed E-state index contributed by atoms with van der Waals surface area (Å²) in [6.07, 6.45) is 3.38. The Hall–Kier alpha value is -1.43. The summed E-state index contributed by atoms with van der Waals surface area (Å²) in [5, 5.41) is 0. The lowest BCUT2D eigenvalue weighted by Gasteiger charge is -2.15. The van der Waals surface area contributed by atoms with Gasteiger partial charge in [0.1, 0.15) is 11.5 Å². The average molecular weight is 285 g/mol. The molecule has 1 aromatic carbocycles. The molecule has 2 rings (SSSR count). The van der Waals surface area contributed by atoms with E-state index < -0.39 is 10.0 Å². The number of hydrogen-bond acceptors (Lipinski definition) is 4. The van der Waals surface area contributed by atoms with Gasteiger partial charge in [0.2, 0.25) is 10.0 Å². The fraction of sp³-hybridized carbons (Fsp3) is 0.538. The first-order chi connectivity index (χ1) is 8.83. The Balaban J connectivity index is 2.25. The van der Waals surface area contributed by atoms with Crippen LogP contribution in [0.2, 0.25) is 0 Å². The molecule has 0 bridgehead atoms. The van der Waals surface area contributed by atoms with Gasteiger partial charge in [0.25, 0.3) is 0 Å². The molecule has 0 radical (unpaired) electrons. The van der Waals surface area contributed by atoms with Gasteiger partial charge in [0.15, 0.2) is 0 Å². The predicted molar refractivity (Wildman–Crippen MR) is 74.3 cm³/mol. The van der Waals surface area contributed by atoms with E-state index in [2.05, 4.69) is 4.72 Å². The van der Waals surface area contributed by atoms with Gasteiger partial charge in [-0.2, -0.15) is 0 Å². The lowest BCUT2D eigenvalue weighted by Crippen LogP contribution is -2.12. The Labute approximate surface area is 114 Å². The van der Waals surface area contributed by atoms with E-state index >= 15 is 0 Å². The highest BCUT2D eigenvalue weighted by Crippen LogP contribution is 2.35. The van der Waals surface area contributed by atoms with E-state index in [1.165, 1.54) is 0 Å². The second-order valence-electron chi connectivity index (χ2n) is 5.02. The summed E-state index contributed by atoms with van der Waals surface area (Å²) in [6, 6.07) is 5.12. The number of ether oxygens (including phenoxy) is 2. The second-order valence-corrected chi connectivity index (χ2v) is 6.76. The first-order valence-corrected chi connectivity index (χ1v) is 8.18. The molecule has 1 aliphatic carbocycles. The van der Waals surface area contributed by atoms with Crippen LogP contribution in [0.25, 0.3) is 0 Å². The van der Waals surface area contributed by atoms with Crippen LogP contribution < -0.4 is 14.2 Å². The lowest BCUT2D eigenvalue weighted by molar-refractivity contribution is 0.239. The second kappa shape index (κ2) is 5.28. The van der Waals surface area contributed by atoms with E-state index in [4.69, 9.17) is 9.47 Å². The molecule has 0 aromatic heterocycles. The van der Waals surface area contributed by atoms with Crippen molar-refractivity contribution in [1.82, 2.24) is 0 Å². The highest BCUT2D eigenvalue weighted by atomic mass is 32.2. The monoisotopic (exact) mass is 285 g/mol. The summed E-state index contributed by atoms with van der Waals surface area (Å²) in [5.74, 6) is 1.19. The minimum Gasteiger partial charge on any atom is -0.491 e. The summed E-state index contributed by atoms with van der Waals surface area (Å²) < 4.78 is 36.4. The van der Waals surface area contributed by atoms with Gasteiger partial charge in [0.05, 0.1) is 24.2 Å². The van der Waals surface area contributed by atoms with Crippen molar-refractivity contribution in [1.29, 1.82) is 0 Å². The van der Waals surface area contributed by atoms with Crippen molar-refractivity contribution in [3.05, 3.63) is 18.2 Å². The van der Waals surface area contributed by atoms with Crippen molar-refractivity contribution in [3.63, 3.8) is 0 Å². The molecule has 106 valence electrons. The molecule has 5 nitrogen and oxygen atoms in total. The van der Waals surface area contributed by atoms with Gasteiger partial charge < -0.3 is 9.47 Å². The number of nitrogens with one attached hydrogen (secondary N) is 1. The van der Waals surface area contributed by atoms with E-state index in [9.17, 15) is 8.42 Å². The Morgan fingerprint density at radius 1 is 1.32 bits per heavy atom. The molecule has 6 heteroatoms. The van der Waals surface area contributed by atoms with Gasteiger partial charge in [-0.05, 0) is 38.8 Å². The molecule has 1 saturated carbocycles. The topological polar surface area (TPSA) is 64.6 Å². The number of sulfonamides is 1. The minimum atomic E-state index is -3.32. The van der Waals surface area contributed by atoms with E-state index in [0.717, 1.165) is 19.1 Å². The third kappa shape index (κ3) is 4.63. The molecule has 1 aliphatic rings. The van der Waals surface area contributed by atoms with Crippen LogP contribution in [0.5, 0.6) is 11.5 Å². The van der Waals surface area contributed by atoms with Crippen LogP contribution in [-0.4, -0.2) is 26.9 Å². The van der Waals surface area contributed by atoms with Crippen molar-refractivity contribution in [3.8, 4) is 11.5 Å². The molecule has 1 aromatic rings. The maximum atomic E-state index is 11.3. The van der Waals surface area contributed by atoms with Crippen LogP contribution in [0.1, 0.15) is 26.7 Å². The standard InChI is InChI=1S/C13H19NO4S/c1-9(2)17-11-6-7-12(14-19(3,15)16)13(8-11)18-10-4-5-10/h6-10,14H,4-5H2,1-3H3. The first-order valence-electron chi connectivity index (χ1n) is 6.28. The highest BCUT2D eigenvalue weighted by Gasteiger charge is 2.25. The summed E-state index contributed by atoms with van der Waals surface area (Å²) in [5.41, 5.74) is 0.450. The summed E-state index contributed by atoms with van der Waals surface area (Å²) in [6.45, 7) is 3.87. The Bertz CT molecular complexity index is 550. The summed E-state index contributed by atoms with van der Waals surface area (Å²) in [4.78, 5) is 0. The van der Waals surface area contributed by atoms with Crippen molar-refractivity contribution in [2.75, 3.05) is 11.0 Å². The molecular formula is C13H19NO4S. The molecule has 0 atom stereocenters. The number of anilines is 1. The maximum absolute atomic E-state index is 11.3. The molecule has 1 fully saturated rings. The average Bonchev–Trinajstić information content (AvgIpc) is 3.03. The van der Waals surface area contributed by atoms with Gasteiger partial charge in [-0.1, -0.05) is 0 Å². The van der Waals surface area contributed by atoms with E-state index in [-0.39, 0.29) is 12.2 Å². The van der Waals surface area contributed by atoms with Crippen LogP contribution in [0, 0.1) is 0 Å². The zero-order valence-electron chi connectivity index (χ0n) is 11.3. The van der Waals surface area contributed by atoms with Crippen LogP contribution in [0.4, 0.5) is 5.69 Å². The maximum Gasteiger partial charge on any atom is 0.229 e. The van der Waals surface area contributed by atoms with Gasteiger partial charge in [-0.15, -0.1) is 0 Å². The Kier molecular flexibility index (Phi) is 3.89. The Morgan fingerprint density at radius 2 is 2.00 bits per heavy atom. The van der Waals surface area contributed by atoms with Crippen molar-refractivity contribution < 1.29 is 17.9 Å². The number of rotatable bonds is 6. The van der Waals surface area contributed by atoms with Crippen molar-refractivity contribution >= 4 is 15.7 Å². The number of hydrogen-bond donors (Lipinski definition) is 1. The molecule has 0 heterocycles. The van der Waals surface area contributed by atoms with Crippen LogP contribution in [0.3, 0.4) is 0 Å². The normalized spacial score (nSPS) is 15.4. The largest absolute Gasteiger partial charge is 0.491 e. The molecule has 0 spiro atoms. The van der Waals surface area contributed by atoms with Crippen LogP contribution in [0.15, 0.2) is 18.2 Å². The zero-order chi connectivity index (χ0) is 14.0. The molecular weight excluding hydrogens is 266 g/mol. The van der Waals surface area contributed by atoms with Gasteiger partial charge in [0, 0.05) is 6.07 Å². The number of benzene rings is 1. The molecule has 0 saturated heterocycles. The third-order valence-corrected chi connectivity index (χ3v) is 3.03. The van der Waals surface area contributed by atoms with Crippen LogP contribution >= 0.6 is 0 Å². The van der Waals surface area contributed by atoms with E-state index in [1.54, 1.807) is 18.2 Å². The molecule has 1 N–H and O–H groups in total. The van der Waals surface area contributed by atoms with Crippen molar-refractivity contribution in [2.24, 2.45) is 0 Å². The van der Waals surface area contributed by atoms with E-state index in [1.807, 2.05) is 13.8 Å². The van der Waals surface area contributed by atoms with Gasteiger partial charge in [-0.25, -0.2) is 8.42 Å². The quantitative estimate of drug-likeness (QED) is 0.871. The Morgan fingerprint density at radius 3 is 2.53 bits per heavy atom. The fourth-order valence-corrected chi connectivity index (χ4v) is 2.16. The molecule has 0 unspecified atom stereocenters. The third-order valence-electron chi connectivity index (χ3n) is 2.44. The summed E-state index contributed by atoms with van der Waals surface area (Å²) in [7, 11) is -3.32. The molecule has 0 aliphatic heterocycles. The van der Waals surface area contributed by atoms with Gasteiger partial charge >= 0.3 is 0 Å². The molecule has 19 heavy (non-hydrogen) atoms. The van der Waals surface area contributed by atoms with Crippen LogP contribution in [-0.2, 0) is 10.0 Å². The van der Waals surface area contributed by atoms with E-state index in [0.29, 0.717) is 17.2 Å². The molecule has 0 amide bonds. The van der Waals surface area contributed by atoms with Crippen molar-refractivity contribution in [2.45, 2.75) is 38.9 Å². The predicted octanol–water partition coefficient (Wildman–Crippen LogP) is 2.39. The van der Waals surface area contributed by atoms with Gasteiger partial charge in [-0.3, -0.25) is 4.72 Å².